The standard InChI is InChI=1S/C13H32Cl3N13S2/c14-5-21-8(17)27-12(25-5)30-3-1-19-10-23-7(16)24-11(29-10)20-2-4-31-13-26-6(15)22-9(18)28-13/h5-13,19-29H,1-4,17-18H2/i/hD2. The highest BCUT2D eigenvalue weighted by Gasteiger charge is 2.26. The Morgan fingerprint density at radius 1 is 0.645 bits per heavy atom. The molecular weight excluding hydrogens is 509 g/mol. The molecule has 0 radical (unpaired) electrons. The van der Waals surface area contributed by atoms with Gasteiger partial charge in [0, 0.05) is 24.6 Å². The first kappa shape index (κ1) is 23.8. The summed E-state index contributed by atoms with van der Waals surface area (Å²) in [7, 11) is 0. The largest absolute Gasteiger partial charge is 0.303 e. The van der Waals surface area contributed by atoms with E-state index in [1.165, 1.54) is 0 Å². The van der Waals surface area contributed by atoms with Gasteiger partial charge < -0.3 is 11.5 Å². The Balaban J connectivity index is 1.28. The molecule has 3 heterocycles. The molecule has 0 aromatic rings. The Kier molecular flexibility index (Phi) is 10.6. The molecule has 182 valence electrons. The Hall–Kier alpha value is 1.05. The van der Waals surface area contributed by atoms with Gasteiger partial charge in [-0.25, -0.2) is 0 Å². The molecule has 0 aliphatic carbocycles. The van der Waals surface area contributed by atoms with Crippen molar-refractivity contribution in [3.05, 3.63) is 0 Å². The second kappa shape index (κ2) is 13.8. The van der Waals surface area contributed by atoms with Crippen LogP contribution in [-0.2, 0) is 0 Å². The van der Waals surface area contributed by atoms with Crippen LogP contribution in [0.4, 0.5) is 0 Å². The maximum atomic E-state index is 7.25. The number of nitrogens with one attached hydrogen (secondary N) is 11. The molecule has 3 rings (SSSR count). The third-order valence-corrected chi connectivity index (χ3v) is 7.13. The number of hydrogen-bond acceptors (Lipinski definition) is 15. The molecule has 0 aromatic carbocycles. The number of thioether (sulfide) groups is 2. The van der Waals surface area contributed by atoms with Crippen LogP contribution in [0.15, 0.2) is 0 Å². The highest BCUT2D eigenvalue weighted by molar-refractivity contribution is 8.00. The zero-order valence-corrected chi connectivity index (χ0v) is 20.4. The van der Waals surface area contributed by atoms with Crippen molar-refractivity contribution in [1.29, 1.82) is 0 Å². The van der Waals surface area contributed by atoms with Gasteiger partial charge >= 0.3 is 0 Å². The molecule has 13 nitrogen and oxygen atoms in total. The number of halogens is 3. The van der Waals surface area contributed by atoms with Gasteiger partial charge in [-0.2, -0.15) is 0 Å². The van der Waals surface area contributed by atoms with Crippen molar-refractivity contribution in [2.24, 2.45) is 11.5 Å². The molecule has 0 saturated carbocycles. The Bertz CT molecular complexity index is 526. The fourth-order valence-electron chi connectivity index (χ4n) is 2.94. The molecule has 3 fully saturated rings. The monoisotopic (exact) mass is 541 g/mol. The van der Waals surface area contributed by atoms with Crippen molar-refractivity contribution >= 4 is 58.3 Å². The Morgan fingerprint density at radius 3 is 1.55 bits per heavy atom. The number of alkyl halides is 3. The van der Waals surface area contributed by atoms with E-state index in [4.69, 9.17) is 37.6 Å². The van der Waals surface area contributed by atoms with E-state index < -0.39 is 16.9 Å². The summed E-state index contributed by atoms with van der Waals surface area (Å²) in [5, 5.41) is 35.0. The first-order chi connectivity index (χ1) is 15.9. The van der Waals surface area contributed by atoms with Gasteiger partial charge in [0.15, 0.2) is 0 Å². The van der Waals surface area contributed by atoms with E-state index in [0.717, 1.165) is 24.6 Å². The summed E-state index contributed by atoms with van der Waals surface area (Å²) in [6.07, 6.45) is -1.10. The van der Waals surface area contributed by atoms with Gasteiger partial charge in [0.05, 0.1) is 0 Å². The molecule has 3 aliphatic heterocycles. The lowest BCUT2D eigenvalue weighted by Crippen LogP contribution is -2.73. The average molecular weight is 543 g/mol. The van der Waals surface area contributed by atoms with Crippen molar-refractivity contribution < 1.29 is 2.82 Å². The van der Waals surface area contributed by atoms with E-state index in [1.807, 2.05) is 0 Å². The normalized spacial score (nSPS) is 42.7. The van der Waals surface area contributed by atoms with E-state index in [-0.39, 0.29) is 36.2 Å². The van der Waals surface area contributed by atoms with E-state index >= 15 is 0 Å². The van der Waals surface area contributed by atoms with Gasteiger partial charge in [0.2, 0.25) is 0 Å². The lowest BCUT2D eigenvalue weighted by atomic mass is 10.5. The van der Waals surface area contributed by atoms with Crippen LogP contribution in [0, 0.1) is 0 Å². The fourth-order valence-corrected chi connectivity index (χ4v) is 5.72. The summed E-state index contributed by atoms with van der Waals surface area (Å²) >= 11 is 21.7. The van der Waals surface area contributed by atoms with Crippen LogP contribution in [0.25, 0.3) is 0 Å². The van der Waals surface area contributed by atoms with Crippen LogP contribution in [0.5, 0.6) is 0 Å². The fraction of sp³-hybridized carbons (Fsp3) is 1.00. The Labute approximate surface area is 208 Å². The van der Waals surface area contributed by atoms with Crippen molar-refractivity contribution in [3.8, 4) is 0 Å². The summed E-state index contributed by atoms with van der Waals surface area (Å²) < 4.78 is 14.5. The lowest BCUT2D eigenvalue weighted by molar-refractivity contribution is 0.189. The molecule has 8 atom stereocenters. The summed E-state index contributed by atoms with van der Waals surface area (Å²) in [5.74, 6) is 1.61. The molecule has 3 aliphatic rings. The van der Waals surface area contributed by atoms with Gasteiger partial charge in [-0.3, -0.25) is 58.5 Å². The summed E-state index contributed by atoms with van der Waals surface area (Å²) in [6.45, 7) is 1.44. The molecule has 3 saturated heterocycles. The van der Waals surface area contributed by atoms with Crippen molar-refractivity contribution in [3.63, 3.8) is 0 Å². The molecule has 18 heteroatoms. The second-order valence-corrected chi connectivity index (χ2v) is 10.5. The highest BCUT2D eigenvalue weighted by atomic mass is 35.5. The molecule has 15 N–H and O–H groups in total. The highest BCUT2D eigenvalue weighted by Crippen LogP contribution is 2.10. The van der Waals surface area contributed by atoms with Crippen LogP contribution in [0.3, 0.4) is 0 Å². The smallest absolute Gasteiger partial charge is 0.139 e. The first-order valence-electron chi connectivity index (χ1n) is 10.8. The van der Waals surface area contributed by atoms with Crippen LogP contribution >= 0.6 is 58.3 Å². The molecular formula is C13H32Cl3N13S2. The van der Waals surface area contributed by atoms with Crippen molar-refractivity contribution in [2.45, 2.75) is 53.0 Å². The van der Waals surface area contributed by atoms with Crippen LogP contribution in [-0.4, -0.2) is 77.6 Å². The second-order valence-electron chi connectivity index (χ2n) is 6.73. The van der Waals surface area contributed by atoms with E-state index in [2.05, 4.69) is 69.9 Å². The van der Waals surface area contributed by atoms with Gasteiger partial charge in [0.1, 0.15) is 55.9 Å². The van der Waals surface area contributed by atoms with Crippen LogP contribution < -0.4 is 69.9 Å². The molecule has 0 aromatic heterocycles. The van der Waals surface area contributed by atoms with Crippen molar-refractivity contribution in [1.82, 2.24) is 58.5 Å². The van der Waals surface area contributed by atoms with Gasteiger partial charge in [-0.05, 0) is 0 Å². The minimum absolute atomic E-state index is 0.0785. The molecule has 0 amide bonds. The summed E-state index contributed by atoms with van der Waals surface area (Å²) in [5.41, 5.74) is 3.34. The minimum atomic E-state index is -0.414. The summed E-state index contributed by atoms with van der Waals surface area (Å²) in [4.78, 5) is 0. The SMILES string of the molecule is [2H]NC1NC(Cl)NC(SCCNC2NC(Cl)NC(NCCSC3NC(Cl)NC(N[2H])N3)N2)N1. The number of rotatable bonds is 12. The number of hydrogen-bond donors (Lipinski definition) is 13. The van der Waals surface area contributed by atoms with Crippen LogP contribution in [0.2, 0.25) is 2.82 Å². The van der Waals surface area contributed by atoms with Gasteiger partial charge in [-0.15, -0.1) is 23.5 Å². The number of nitrogens with two attached hydrogens (primary N) is 2. The first-order valence-corrected chi connectivity index (χ1v) is 13.2. The Morgan fingerprint density at radius 2 is 1.10 bits per heavy atom. The molecule has 31 heavy (non-hydrogen) atoms. The topological polar surface area (TPSA) is 184 Å². The lowest BCUT2D eigenvalue weighted by Gasteiger charge is -2.37. The maximum Gasteiger partial charge on any atom is 0.139 e. The van der Waals surface area contributed by atoms with Gasteiger partial charge in [0.25, 0.3) is 0 Å². The van der Waals surface area contributed by atoms with E-state index in [0.29, 0.717) is 0 Å². The third kappa shape index (κ3) is 10.1. The zero-order valence-electron chi connectivity index (χ0n) is 18.5. The maximum absolute atomic E-state index is 7.25. The zero-order chi connectivity index (χ0) is 23.6. The quantitative estimate of drug-likeness (QED) is 0.0653. The van der Waals surface area contributed by atoms with Gasteiger partial charge in [-0.1, -0.05) is 34.8 Å². The molecule has 0 bridgehead atoms. The summed E-state index contributed by atoms with van der Waals surface area (Å²) in [6, 6.07) is 0. The van der Waals surface area contributed by atoms with Crippen LogP contribution in [0.1, 0.15) is 0 Å². The predicted octanol–water partition coefficient (Wildman–Crippen LogP) is -3.83. The predicted molar refractivity (Wildman–Crippen MR) is 129 cm³/mol. The minimum Gasteiger partial charge on any atom is -0.303 e. The third-order valence-electron chi connectivity index (χ3n) is 4.29. The molecule has 0 spiro atoms. The molecule has 8 unspecified atom stereocenters. The van der Waals surface area contributed by atoms with E-state index in [9.17, 15) is 0 Å². The average Bonchev–Trinajstić information content (AvgIpc) is 2.78. The van der Waals surface area contributed by atoms with E-state index in [1.54, 1.807) is 23.5 Å². The van der Waals surface area contributed by atoms with Crippen molar-refractivity contribution in [2.75, 3.05) is 24.6 Å².